The highest BCUT2D eigenvalue weighted by Crippen LogP contribution is 2.15. The van der Waals surface area contributed by atoms with E-state index in [2.05, 4.69) is 23.8 Å². The minimum Gasteiger partial charge on any atom is -0.461 e. The van der Waals surface area contributed by atoms with Gasteiger partial charge < -0.3 is 9.72 Å². The predicted molar refractivity (Wildman–Crippen MR) is 90.0 cm³/mol. The lowest BCUT2D eigenvalue weighted by molar-refractivity contribution is 0.158. The highest BCUT2D eigenvalue weighted by atomic mass is 16.5. The van der Waals surface area contributed by atoms with Crippen LogP contribution in [0, 0.1) is 11.8 Å². The first-order valence-electron chi connectivity index (χ1n) is 8.08. The lowest BCUT2D eigenvalue weighted by atomic mass is 10.1. The topological polar surface area (TPSA) is 81.9 Å². The van der Waals surface area contributed by atoms with Crippen LogP contribution in [-0.2, 0) is 13.6 Å². The summed E-state index contributed by atoms with van der Waals surface area (Å²) in [4.78, 5) is 32.1. The number of hydrogen-bond donors (Lipinski definition) is 1. The highest BCUT2D eigenvalue weighted by molar-refractivity contribution is 5.70. The first-order valence-corrected chi connectivity index (χ1v) is 8.08. The molecule has 0 aliphatic heterocycles. The highest BCUT2D eigenvalue weighted by Gasteiger charge is 2.18. The second-order valence-electron chi connectivity index (χ2n) is 6.79. The van der Waals surface area contributed by atoms with Crippen molar-refractivity contribution in [2.24, 2.45) is 18.9 Å². The summed E-state index contributed by atoms with van der Waals surface area (Å²) in [7, 11) is 1.62. The van der Waals surface area contributed by atoms with Gasteiger partial charge in [-0.1, -0.05) is 27.7 Å². The molecule has 0 amide bonds. The Kier molecular flexibility index (Phi) is 4.97. The Hall–Kier alpha value is -2.05. The molecule has 0 aliphatic carbocycles. The monoisotopic (exact) mass is 322 g/mol. The Balaban J connectivity index is 2.49. The van der Waals surface area contributed by atoms with E-state index in [4.69, 9.17) is 4.74 Å². The molecule has 7 nitrogen and oxygen atoms in total. The standard InChI is InChI=1S/C16H26N4O3/c1-9(2)7-8-20-14(21)12-13(19(6)16(20)22)18-15(17-12)23-11(5)10(3)4/h9-11H,7-8H2,1-6H3,(H,17,18)/t11-/m1/s1. The van der Waals surface area contributed by atoms with Crippen LogP contribution in [0.4, 0.5) is 0 Å². The average Bonchev–Trinajstić information content (AvgIpc) is 2.88. The van der Waals surface area contributed by atoms with Crippen LogP contribution in [-0.4, -0.2) is 25.2 Å². The summed E-state index contributed by atoms with van der Waals surface area (Å²) < 4.78 is 8.37. The predicted octanol–water partition coefficient (Wildman–Crippen LogP) is 1.89. The smallest absolute Gasteiger partial charge is 0.332 e. The summed E-state index contributed by atoms with van der Waals surface area (Å²) in [5, 5.41) is 0. The van der Waals surface area contributed by atoms with Crippen LogP contribution in [0.15, 0.2) is 9.59 Å². The molecule has 2 rings (SSSR count). The maximum absolute atomic E-state index is 12.6. The van der Waals surface area contributed by atoms with Gasteiger partial charge in [0.05, 0.1) is 0 Å². The molecule has 0 fully saturated rings. The van der Waals surface area contributed by atoms with Gasteiger partial charge in [-0.3, -0.25) is 13.9 Å². The van der Waals surface area contributed by atoms with Gasteiger partial charge in [-0.15, -0.1) is 0 Å². The molecule has 0 spiro atoms. The second-order valence-corrected chi connectivity index (χ2v) is 6.79. The van der Waals surface area contributed by atoms with Crippen LogP contribution >= 0.6 is 0 Å². The molecule has 0 aromatic carbocycles. The third-order valence-electron chi connectivity index (χ3n) is 4.12. The van der Waals surface area contributed by atoms with Crippen molar-refractivity contribution in [1.29, 1.82) is 0 Å². The minimum atomic E-state index is -0.349. The molecule has 7 heteroatoms. The Morgan fingerprint density at radius 3 is 2.39 bits per heavy atom. The molecule has 128 valence electrons. The van der Waals surface area contributed by atoms with Gasteiger partial charge in [0.1, 0.15) is 6.10 Å². The van der Waals surface area contributed by atoms with Crippen LogP contribution in [0.25, 0.3) is 11.2 Å². The fraction of sp³-hybridized carbons (Fsp3) is 0.688. The third kappa shape index (κ3) is 3.48. The largest absolute Gasteiger partial charge is 0.461 e. The number of aromatic nitrogens is 4. The molecule has 0 saturated heterocycles. The quantitative estimate of drug-likeness (QED) is 0.880. The Morgan fingerprint density at radius 1 is 1.17 bits per heavy atom. The number of hydrogen-bond acceptors (Lipinski definition) is 4. The van der Waals surface area contributed by atoms with Gasteiger partial charge in [0, 0.05) is 13.6 Å². The van der Waals surface area contributed by atoms with E-state index in [-0.39, 0.29) is 23.4 Å². The number of imidazole rings is 1. The van der Waals surface area contributed by atoms with Crippen LogP contribution in [0.3, 0.4) is 0 Å². The molecule has 2 heterocycles. The zero-order valence-electron chi connectivity index (χ0n) is 14.7. The number of aromatic amines is 1. The van der Waals surface area contributed by atoms with Crippen molar-refractivity contribution in [3.63, 3.8) is 0 Å². The number of ether oxygens (including phenoxy) is 1. The molecule has 0 bridgehead atoms. The summed E-state index contributed by atoms with van der Waals surface area (Å²) in [6.07, 6.45) is 0.721. The molecule has 2 aromatic heterocycles. The first kappa shape index (κ1) is 17.3. The van der Waals surface area contributed by atoms with Gasteiger partial charge in [-0.05, 0) is 25.2 Å². The lowest BCUT2D eigenvalue weighted by Gasteiger charge is -2.15. The van der Waals surface area contributed by atoms with Crippen molar-refractivity contribution < 1.29 is 4.74 Å². The number of nitrogens with zero attached hydrogens (tertiary/aromatic N) is 3. The Morgan fingerprint density at radius 2 is 1.83 bits per heavy atom. The van der Waals surface area contributed by atoms with Crippen LogP contribution < -0.4 is 16.0 Å². The van der Waals surface area contributed by atoms with Gasteiger partial charge in [0.2, 0.25) is 0 Å². The van der Waals surface area contributed by atoms with Gasteiger partial charge >= 0.3 is 5.69 Å². The zero-order chi connectivity index (χ0) is 17.3. The van der Waals surface area contributed by atoms with Gasteiger partial charge in [-0.25, -0.2) is 4.79 Å². The van der Waals surface area contributed by atoms with Gasteiger partial charge in [0.15, 0.2) is 11.2 Å². The first-order chi connectivity index (χ1) is 10.7. The van der Waals surface area contributed by atoms with Crippen LogP contribution in [0.5, 0.6) is 6.01 Å². The Bertz CT molecular complexity index is 798. The molecule has 0 aliphatic rings. The molecular formula is C16H26N4O3. The third-order valence-corrected chi connectivity index (χ3v) is 4.12. The maximum atomic E-state index is 12.6. The maximum Gasteiger partial charge on any atom is 0.332 e. The molecule has 1 atom stereocenters. The van der Waals surface area contributed by atoms with Gasteiger partial charge in [-0.2, -0.15) is 4.98 Å². The molecule has 0 saturated carbocycles. The molecule has 2 aromatic rings. The number of fused-ring (bicyclic) bond motifs is 1. The van der Waals surface area contributed by atoms with Gasteiger partial charge in [0.25, 0.3) is 11.6 Å². The van der Waals surface area contributed by atoms with E-state index in [9.17, 15) is 9.59 Å². The van der Waals surface area contributed by atoms with Crippen molar-refractivity contribution in [2.75, 3.05) is 0 Å². The van der Waals surface area contributed by atoms with E-state index in [0.717, 1.165) is 6.42 Å². The Labute approximate surface area is 135 Å². The molecule has 23 heavy (non-hydrogen) atoms. The molecule has 0 radical (unpaired) electrons. The van der Waals surface area contributed by atoms with E-state index in [1.807, 2.05) is 20.8 Å². The number of rotatable bonds is 6. The molecule has 1 N–H and O–H groups in total. The summed E-state index contributed by atoms with van der Waals surface area (Å²) >= 11 is 0. The zero-order valence-corrected chi connectivity index (χ0v) is 14.7. The van der Waals surface area contributed by atoms with Crippen LogP contribution in [0.1, 0.15) is 41.0 Å². The molecular weight excluding hydrogens is 296 g/mol. The van der Waals surface area contributed by atoms with E-state index in [0.29, 0.717) is 29.5 Å². The van der Waals surface area contributed by atoms with E-state index in [1.54, 1.807) is 7.05 Å². The van der Waals surface area contributed by atoms with E-state index < -0.39 is 0 Å². The summed E-state index contributed by atoms with van der Waals surface area (Å²) in [6.45, 7) is 10.5. The summed E-state index contributed by atoms with van der Waals surface area (Å²) in [5.74, 6) is 0.726. The second kappa shape index (κ2) is 6.60. The fourth-order valence-corrected chi connectivity index (χ4v) is 2.18. The normalized spacial score (nSPS) is 13.2. The van der Waals surface area contributed by atoms with Crippen molar-refractivity contribution in [1.82, 2.24) is 19.1 Å². The lowest BCUT2D eigenvalue weighted by Crippen LogP contribution is -2.39. The SMILES string of the molecule is CC(C)CCn1c(=O)c2[nH]c(O[C@H](C)C(C)C)nc2n(C)c1=O. The van der Waals surface area contributed by atoms with E-state index in [1.165, 1.54) is 9.13 Å². The number of nitrogens with one attached hydrogen (secondary N) is 1. The van der Waals surface area contributed by atoms with Crippen molar-refractivity contribution in [3.8, 4) is 6.01 Å². The van der Waals surface area contributed by atoms with E-state index >= 15 is 0 Å². The molecule has 0 unspecified atom stereocenters. The summed E-state index contributed by atoms with van der Waals surface area (Å²) in [6, 6.07) is 0.273. The van der Waals surface area contributed by atoms with Crippen molar-refractivity contribution >= 4 is 11.2 Å². The minimum absolute atomic E-state index is 0.0456. The fourth-order valence-electron chi connectivity index (χ4n) is 2.18. The van der Waals surface area contributed by atoms with Crippen molar-refractivity contribution in [3.05, 3.63) is 20.8 Å². The number of H-pyrrole nitrogens is 1. The van der Waals surface area contributed by atoms with Crippen molar-refractivity contribution in [2.45, 2.75) is 53.7 Å². The number of aryl methyl sites for hydroxylation is 1. The average molecular weight is 322 g/mol. The van der Waals surface area contributed by atoms with Crippen LogP contribution in [0.2, 0.25) is 0 Å². The summed E-state index contributed by atoms with van der Waals surface area (Å²) in [5.41, 5.74) is -0.0602.